The van der Waals surface area contributed by atoms with Crippen LogP contribution in [0.2, 0.25) is 0 Å². The van der Waals surface area contributed by atoms with E-state index in [1.165, 1.54) is 6.92 Å². The van der Waals surface area contributed by atoms with Crippen LogP contribution in [0.25, 0.3) is 0 Å². The summed E-state index contributed by atoms with van der Waals surface area (Å²) < 4.78 is 40.8. The maximum Gasteiger partial charge on any atom is 0.328 e. The summed E-state index contributed by atoms with van der Waals surface area (Å²) in [7, 11) is 3.07. The molecule has 1 aromatic rings. The number of amides is 1. The number of halogens is 2. The molecule has 0 saturated carbocycles. The predicted octanol–water partition coefficient (Wildman–Crippen LogP) is 0.834. The lowest BCUT2D eigenvalue weighted by atomic mass is 9.87. The molecule has 1 N–H and O–H groups in total. The molecular formula is C17H19F2NO7. The van der Waals surface area contributed by atoms with Gasteiger partial charge in [-0.05, 0) is 12.1 Å². The van der Waals surface area contributed by atoms with Crippen molar-refractivity contribution in [1.82, 2.24) is 5.32 Å². The van der Waals surface area contributed by atoms with Crippen molar-refractivity contribution in [1.29, 1.82) is 0 Å². The van der Waals surface area contributed by atoms with Crippen LogP contribution in [0.3, 0.4) is 0 Å². The van der Waals surface area contributed by atoms with Gasteiger partial charge >= 0.3 is 17.9 Å². The number of methoxy groups -OCH3 is 3. The molecule has 8 nitrogen and oxygen atoms in total. The van der Waals surface area contributed by atoms with E-state index in [0.717, 1.165) is 39.5 Å². The van der Waals surface area contributed by atoms with Crippen LogP contribution in [0.4, 0.5) is 8.78 Å². The van der Waals surface area contributed by atoms with Gasteiger partial charge in [-0.15, -0.1) is 0 Å². The van der Waals surface area contributed by atoms with Crippen molar-refractivity contribution >= 4 is 23.8 Å². The van der Waals surface area contributed by atoms with Crippen molar-refractivity contribution in [2.45, 2.75) is 13.0 Å². The molecule has 1 rings (SSSR count). The molecule has 0 aromatic heterocycles. The average Bonchev–Trinajstić information content (AvgIpc) is 2.66. The summed E-state index contributed by atoms with van der Waals surface area (Å²) in [5.74, 6) is -9.58. The van der Waals surface area contributed by atoms with Crippen LogP contribution in [0.1, 0.15) is 17.3 Å². The SMILES string of the molecule is COC(=O)C(C(=O)OC)[C@@H](C)[C@H](NC(=O)c1cccc(F)c1F)C(=O)OC. The van der Waals surface area contributed by atoms with Crippen LogP contribution in [-0.4, -0.2) is 51.2 Å². The zero-order chi connectivity index (χ0) is 20.7. The van der Waals surface area contributed by atoms with E-state index in [-0.39, 0.29) is 0 Å². The molecule has 27 heavy (non-hydrogen) atoms. The highest BCUT2D eigenvalue weighted by Gasteiger charge is 2.42. The normalized spacial score (nSPS) is 12.7. The molecule has 0 aliphatic heterocycles. The van der Waals surface area contributed by atoms with Gasteiger partial charge < -0.3 is 19.5 Å². The van der Waals surface area contributed by atoms with Crippen molar-refractivity contribution < 1.29 is 42.2 Å². The lowest BCUT2D eigenvalue weighted by Crippen LogP contribution is -2.51. The molecule has 148 valence electrons. The number of nitrogens with one attached hydrogen (secondary N) is 1. The Labute approximate surface area is 153 Å². The van der Waals surface area contributed by atoms with Crippen LogP contribution in [0.15, 0.2) is 18.2 Å². The van der Waals surface area contributed by atoms with Crippen molar-refractivity contribution in [3.63, 3.8) is 0 Å². The number of hydrogen-bond donors (Lipinski definition) is 1. The summed E-state index contributed by atoms with van der Waals surface area (Å²) in [6, 6.07) is 1.38. The molecule has 1 aromatic carbocycles. The molecule has 0 radical (unpaired) electrons. The standard InChI is InChI=1S/C17H19F2NO7/c1-8(11(15(22)25-2)16(23)26-3)13(17(24)27-4)20-14(21)9-6-5-7-10(18)12(9)19/h5-8,11,13H,1-4H3,(H,20,21)/t8-,13+/m1/s1. The van der Waals surface area contributed by atoms with E-state index in [0.29, 0.717) is 0 Å². The molecule has 2 atom stereocenters. The molecule has 0 bridgehead atoms. The minimum absolute atomic E-state index is 0.663. The Balaban J connectivity index is 3.22. The quantitative estimate of drug-likeness (QED) is 0.419. The third kappa shape index (κ3) is 4.99. The third-order valence-corrected chi connectivity index (χ3v) is 3.90. The smallest absolute Gasteiger partial charge is 0.328 e. The molecule has 0 heterocycles. The monoisotopic (exact) mass is 387 g/mol. The fourth-order valence-electron chi connectivity index (χ4n) is 2.40. The van der Waals surface area contributed by atoms with Gasteiger partial charge in [0.2, 0.25) is 0 Å². The number of esters is 3. The Kier molecular flexibility index (Phi) is 7.82. The molecule has 0 aliphatic carbocycles. The van der Waals surface area contributed by atoms with E-state index in [4.69, 9.17) is 0 Å². The molecule has 0 saturated heterocycles. The van der Waals surface area contributed by atoms with Gasteiger partial charge in [0.1, 0.15) is 6.04 Å². The largest absolute Gasteiger partial charge is 0.468 e. The van der Waals surface area contributed by atoms with Gasteiger partial charge in [-0.3, -0.25) is 14.4 Å². The second-order valence-electron chi connectivity index (χ2n) is 5.46. The van der Waals surface area contributed by atoms with E-state index in [1.807, 2.05) is 0 Å². The van der Waals surface area contributed by atoms with E-state index in [1.54, 1.807) is 0 Å². The number of carbonyl (C=O) groups is 4. The van der Waals surface area contributed by atoms with Gasteiger partial charge in [0.25, 0.3) is 5.91 Å². The number of rotatable bonds is 7. The Morgan fingerprint density at radius 2 is 1.44 bits per heavy atom. The van der Waals surface area contributed by atoms with E-state index in [2.05, 4.69) is 19.5 Å². The fourth-order valence-corrected chi connectivity index (χ4v) is 2.40. The van der Waals surface area contributed by atoms with Gasteiger partial charge in [0.05, 0.1) is 26.9 Å². The van der Waals surface area contributed by atoms with Crippen LogP contribution < -0.4 is 5.32 Å². The van der Waals surface area contributed by atoms with Crippen LogP contribution in [0, 0.1) is 23.5 Å². The highest BCUT2D eigenvalue weighted by Crippen LogP contribution is 2.21. The molecular weight excluding hydrogens is 368 g/mol. The molecule has 10 heteroatoms. The Morgan fingerprint density at radius 3 is 1.93 bits per heavy atom. The maximum atomic E-state index is 13.8. The number of carbonyl (C=O) groups excluding carboxylic acids is 4. The average molecular weight is 387 g/mol. The third-order valence-electron chi connectivity index (χ3n) is 3.90. The summed E-state index contributed by atoms with van der Waals surface area (Å²) in [4.78, 5) is 48.2. The fraction of sp³-hybridized carbons (Fsp3) is 0.412. The first-order chi connectivity index (χ1) is 12.7. The molecule has 0 aliphatic rings. The van der Waals surface area contributed by atoms with Crippen molar-refractivity contribution in [2.24, 2.45) is 11.8 Å². The molecule has 0 spiro atoms. The number of hydrogen-bond acceptors (Lipinski definition) is 7. The zero-order valence-electron chi connectivity index (χ0n) is 15.1. The lowest BCUT2D eigenvalue weighted by Gasteiger charge is -2.27. The zero-order valence-corrected chi connectivity index (χ0v) is 15.1. The predicted molar refractivity (Wildman–Crippen MR) is 86.3 cm³/mol. The molecule has 0 fully saturated rings. The van der Waals surface area contributed by atoms with Gasteiger partial charge in [-0.1, -0.05) is 13.0 Å². The lowest BCUT2D eigenvalue weighted by molar-refractivity contribution is -0.163. The Morgan fingerprint density at radius 1 is 0.926 bits per heavy atom. The maximum absolute atomic E-state index is 13.8. The summed E-state index contributed by atoms with van der Waals surface area (Å²) in [5, 5.41) is 2.15. The minimum atomic E-state index is -1.57. The van der Waals surface area contributed by atoms with Crippen molar-refractivity contribution in [3.8, 4) is 0 Å². The topological polar surface area (TPSA) is 108 Å². The first-order valence-corrected chi connectivity index (χ1v) is 7.67. The number of benzene rings is 1. The minimum Gasteiger partial charge on any atom is -0.468 e. The van der Waals surface area contributed by atoms with Crippen molar-refractivity contribution in [2.75, 3.05) is 21.3 Å². The van der Waals surface area contributed by atoms with Crippen LogP contribution >= 0.6 is 0 Å². The summed E-state index contributed by atoms with van der Waals surface area (Å²) in [6.07, 6.45) is 0. The summed E-state index contributed by atoms with van der Waals surface area (Å²) >= 11 is 0. The van der Waals surface area contributed by atoms with E-state index < -0.39 is 58.9 Å². The summed E-state index contributed by atoms with van der Waals surface area (Å²) in [5.41, 5.74) is -0.663. The Hall–Kier alpha value is -3.04. The van der Waals surface area contributed by atoms with E-state index in [9.17, 15) is 28.0 Å². The first kappa shape index (κ1) is 22.0. The highest BCUT2D eigenvalue weighted by molar-refractivity contribution is 5.99. The van der Waals surface area contributed by atoms with Gasteiger partial charge in [-0.2, -0.15) is 0 Å². The highest BCUT2D eigenvalue weighted by atomic mass is 19.2. The van der Waals surface area contributed by atoms with Crippen molar-refractivity contribution in [3.05, 3.63) is 35.4 Å². The van der Waals surface area contributed by atoms with Gasteiger partial charge in [-0.25, -0.2) is 13.6 Å². The van der Waals surface area contributed by atoms with Crippen LogP contribution in [0.5, 0.6) is 0 Å². The first-order valence-electron chi connectivity index (χ1n) is 7.67. The van der Waals surface area contributed by atoms with E-state index >= 15 is 0 Å². The second kappa shape index (κ2) is 9.60. The molecule has 1 amide bonds. The second-order valence-corrected chi connectivity index (χ2v) is 5.46. The van der Waals surface area contributed by atoms with Gasteiger partial charge in [0, 0.05) is 5.92 Å². The van der Waals surface area contributed by atoms with Gasteiger partial charge in [0.15, 0.2) is 17.6 Å². The summed E-state index contributed by atoms with van der Waals surface area (Å²) in [6.45, 7) is 1.29. The van der Waals surface area contributed by atoms with Crippen LogP contribution in [-0.2, 0) is 28.6 Å². The number of ether oxygens (including phenoxy) is 3. The Bertz CT molecular complexity index is 722. The molecule has 0 unspecified atom stereocenters.